The summed E-state index contributed by atoms with van der Waals surface area (Å²) in [7, 11) is 0. The molecule has 2 nitrogen and oxygen atoms in total. The van der Waals surface area contributed by atoms with E-state index in [1.165, 1.54) is 0 Å². The number of hydrogen-bond donors (Lipinski definition) is 0. The van der Waals surface area contributed by atoms with E-state index in [0.29, 0.717) is 11.3 Å². The molecular weight excluding hydrogens is 293 g/mol. The summed E-state index contributed by atoms with van der Waals surface area (Å²) in [6.07, 6.45) is 0. The minimum Gasteiger partial charge on any atom is -0.490 e. The van der Waals surface area contributed by atoms with Crippen LogP contribution in [0.2, 0.25) is 0 Å². The minimum absolute atomic E-state index is 0. The molecule has 1 heterocycles. The van der Waals surface area contributed by atoms with Crippen molar-refractivity contribution in [3.63, 3.8) is 0 Å². The molecule has 0 unspecified atom stereocenters. The molecule has 2 rings (SSSR count). The van der Waals surface area contributed by atoms with Gasteiger partial charge in [0.05, 0.1) is 6.61 Å². The van der Waals surface area contributed by atoms with Gasteiger partial charge in [-0.1, -0.05) is 18.2 Å². The molecule has 100 valence electrons. The monoisotopic (exact) mass is 305 g/mol. The quantitative estimate of drug-likeness (QED) is 0.782. The molecule has 1 aromatic carbocycles. The second-order valence-corrected chi connectivity index (χ2v) is 4.30. The Hall–Kier alpha value is -0.339. The molecular formula is C13H12BF3KNO. The number of fused-ring (bicyclic) bond motifs is 1. The van der Waals surface area contributed by atoms with E-state index in [9.17, 15) is 12.9 Å². The van der Waals surface area contributed by atoms with Gasteiger partial charge in [0.1, 0.15) is 11.3 Å². The van der Waals surface area contributed by atoms with Gasteiger partial charge in [-0.3, -0.25) is 0 Å². The molecule has 0 amide bonds. The first kappa shape index (κ1) is 17.7. The van der Waals surface area contributed by atoms with Crippen LogP contribution in [0.3, 0.4) is 0 Å². The van der Waals surface area contributed by atoms with Crippen molar-refractivity contribution in [3.8, 4) is 5.75 Å². The molecule has 0 radical (unpaired) electrons. The fourth-order valence-electron chi connectivity index (χ4n) is 1.60. The van der Waals surface area contributed by atoms with Gasteiger partial charge in [-0.05, 0) is 19.1 Å². The minimum atomic E-state index is -5.06. The fourth-order valence-corrected chi connectivity index (χ4v) is 1.60. The van der Waals surface area contributed by atoms with Crippen molar-refractivity contribution in [3.05, 3.63) is 48.1 Å². The zero-order valence-electron chi connectivity index (χ0n) is 11.4. The SMILES string of the molecule is C=C(COc1cccc2ccc(C)nc12)[B-](F)(F)F.[K+]. The molecule has 0 bridgehead atoms. The van der Waals surface area contributed by atoms with Gasteiger partial charge in [-0.15, -0.1) is 12.1 Å². The van der Waals surface area contributed by atoms with E-state index in [1.807, 2.05) is 25.1 Å². The summed E-state index contributed by atoms with van der Waals surface area (Å²) >= 11 is 0. The fraction of sp³-hybridized carbons (Fsp3) is 0.154. The third kappa shape index (κ3) is 4.33. The average molecular weight is 305 g/mol. The van der Waals surface area contributed by atoms with Crippen LogP contribution in [0.25, 0.3) is 10.9 Å². The maximum absolute atomic E-state index is 12.4. The van der Waals surface area contributed by atoms with Crippen LogP contribution >= 0.6 is 0 Å². The Bertz CT molecular complexity index is 631. The summed E-state index contributed by atoms with van der Waals surface area (Å²) in [6, 6.07) is 8.84. The van der Waals surface area contributed by atoms with Gasteiger partial charge in [0, 0.05) is 11.1 Å². The van der Waals surface area contributed by atoms with E-state index in [2.05, 4.69) is 11.6 Å². The number of pyridine rings is 1. The van der Waals surface area contributed by atoms with E-state index in [1.54, 1.807) is 12.1 Å². The van der Waals surface area contributed by atoms with Gasteiger partial charge in [0.15, 0.2) is 0 Å². The molecule has 0 N–H and O–H groups in total. The number of halogens is 3. The Balaban J connectivity index is 0.00000200. The van der Waals surface area contributed by atoms with Crippen LogP contribution in [0.4, 0.5) is 12.9 Å². The Morgan fingerprint density at radius 3 is 2.60 bits per heavy atom. The van der Waals surface area contributed by atoms with E-state index in [4.69, 9.17) is 4.74 Å². The second kappa shape index (κ2) is 7.09. The zero-order chi connectivity index (χ0) is 14.0. The molecule has 1 aromatic heterocycles. The average Bonchev–Trinajstić information content (AvgIpc) is 2.34. The first-order valence-corrected chi connectivity index (χ1v) is 5.75. The van der Waals surface area contributed by atoms with Gasteiger partial charge in [0.25, 0.3) is 0 Å². The third-order valence-corrected chi connectivity index (χ3v) is 2.70. The van der Waals surface area contributed by atoms with Gasteiger partial charge in [0.2, 0.25) is 0 Å². The summed E-state index contributed by atoms with van der Waals surface area (Å²) < 4.78 is 42.4. The summed E-state index contributed by atoms with van der Waals surface area (Å²) in [6.45, 7) is -0.827. The van der Waals surface area contributed by atoms with E-state index >= 15 is 0 Å². The maximum atomic E-state index is 12.4. The standard InChI is InChI=1S/C13H12BF3NO.K/c1-9(14(15,16)17)8-19-12-5-3-4-11-7-6-10(2)18-13(11)12;/h3-7H,1,8H2,2H3;/q-1;+1. The molecule has 2 aromatic rings. The normalized spacial score (nSPS) is 11.0. The van der Waals surface area contributed by atoms with Crippen LogP contribution in [-0.2, 0) is 0 Å². The molecule has 20 heavy (non-hydrogen) atoms. The van der Waals surface area contributed by atoms with Crippen LogP contribution in [-0.4, -0.2) is 18.6 Å². The molecule has 7 heteroatoms. The Labute approximate surface area is 157 Å². The predicted octanol–water partition coefficient (Wildman–Crippen LogP) is 0.869. The van der Waals surface area contributed by atoms with Crippen molar-refractivity contribution >= 4 is 17.9 Å². The molecule has 0 atom stereocenters. The molecule has 0 saturated carbocycles. The van der Waals surface area contributed by atoms with Gasteiger partial charge < -0.3 is 17.7 Å². The maximum Gasteiger partial charge on any atom is 1.00 e. The Morgan fingerprint density at radius 2 is 1.95 bits per heavy atom. The molecule has 0 aliphatic carbocycles. The van der Waals surface area contributed by atoms with E-state index in [-0.39, 0.29) is 51.4 Å². The van der Waals surface area contributed by atoms with Gasteiger partial charge in [-0.25, -0.2) is 4.98 Å². The van der Waals surface area contributed by atoms with E-state index in [0.717, 1.165) is 11.1 Å². The number of para-hydroxylation sites is 1. The molecule has 0 spiro atoms. The summed E-state index contributed by atoms with van der Waals surface area (Å²) in [4.78, 5) is 4.28. The van der Waals surface area contributed by atoms with Crippen molar-refractivity contribution in [2.45, 2.75) is 6.92 Å². The largest absolute Gasteiger partial charge is 1.00 e. The Kier molecular flexibility index (Phi) is 6.28. The van der Waals surface area contributed by atoms with Gasteiger partial charge in [-0.2, -0.15) is 0 Å². The molecule has 0 aliphatic heterocycles. The van der Waals surface area contributed by atoms with E-state index < -0.39 is 19.1 Å². The van der Waals surface area contributed by atoms with Crippen molar-refractivity contribution in [2.24, 2.45) is 0 Å². The third-order valence-electron chi connectivity index (χ3n) is 2.70. The first-order chi connectivity index (χ1) is 8.88. The number of hydrogen-bond acceptors (Lipinski definition) is 2. The van der Waals surface area contributed by atoms with Crippen molar-refractivity contribution in [1.82, 2.24) is 4.98 Å². The number of benzene rings is 1. The van der Waals surface area contributed by atoms with Gasteiger partial charge >= 0.3 is 58.4 Å². The number of aryl methyl sites for hydroxylation is 1. The van der Waals surface area contributed by atoms with Crippen LogP contribution in [0.5, 0.6) is 5.75 Å². The number of ether oxygens (including phenoxy) is 1. The van der Waals surface area contributed by atoms with Crippen molar-refractivity contribution in [1.29, 1.82) is 0 Å². The van der Waals surface area contributed by atoms with Crippen molar-refractivity contribution in [2.75, 3.05) is 6.61 Å². The smallest absolute Gasteiger partial charge is 0.490 e. The number of nitrogens with zero attached hydrogens (tertiary/aromatic N) is 1. The topological polar surface area (TPSA) is 22.1 Å². The molecule has 0 saturated heterocycles. The zero-order valence-corrected chi connectivity index (χ0v) is 14.5. The predicted molar refractivity (Wildman–Crippen MR) is 70.2 cm³/mol. The Morgan fingerprint density at radius 1 is 1.25 bits per heavy atom. The second-order valence-electron chi connectivity index (χ2n) is 4.30. The van der Waals surface area contributed by atoms with Crippen LogP contribution in [0.15, 0.2) is 42.4 Å². The number of rotatable bonds is 4. The summed E-state index contributed by atoms with van der Waals surface area (Å²) in [5.41, 5.74) is 0.483. The molecule has 0 aliphatic rings. The van der Waals surface area contributed by atoms with Crippen LogP contribution in [0.1, 0.15) is 5.69 Å². The van der Waals surface area contributed by atoms with Crippen LogP contribution in [0, 0.1) is 6.92 Å². The van der Waals surface area contributed by atoms with Crippen molar-refractivity contribution < 1.29 is 69.1 Å². The first-order valence-electron chi connectivity index (χ1n) is 5.75. The summed E-state index contributed by atoms with van der Waals surface area (Å²) in [5.74, 6) is 0.336. The molecule has 0 fully saturated rings. The van der Waals surface area contributed by atoms with Crippen LogP contribution < -0.4 is 56.1 Å². The number of aromatic nitrogens is 1. The summed E-state index contributed by atoms with van der Waals surface area (Å²) in [5, 5.41) is 0.825.